The van der Waals surface area contributed by atoms with Gasteiger partial charge < -0.3 is 14.6 Å². The Kier molecular flexibility index (Phi) is 3.83. The Bertz CT molecular complexity index is 522. The van der Waals surface area contributed by atoms with Crippen LogP contribution in [0.25, 0.3) is 0 Å². The molecule has 108 valence electrons. The summed E-state index contributed by atoms with van der Waals surface area (Å²) in [6.45, 7) is 2.01. The van der Waals surface area contributed by atoms with Gasteiger partial charge >= 0.3 is 5.97 Å². The lowest BCUT2D eigenvalue weighted by molar-refractivity contribution is -0.150. The second kappa shape index (κ2) is 5.60. The van der Waals surface area contributed by atoms with Crippen molar-refractivity contribution in [3.63, 3.8) is 0 Å². The van der Waals surface area contributed by atoms with E-state index in [4.69, 9.17) is 21.1 Å². The summed E-state index contributed by atoms with van der Waals surface area (Å²) in [6, 6.07) is 4.99. The van der Waals surface area contributed by atoms with Crippen molar-refractivity contribution in [3.8, 4) is 5.75 Å². The van der Waals surface area contributed by atoms with E-state index in [1.807, 2.05) is 17.0 Å². The van der Waals surface area contributed by atoms with Gasteiger partial charge in [0.05, 0.1) is 13.2 Å². The van der Waals surface area contributed by atoms with Crippen molar-refractivity contribution in [2.24, 2.45) is 0 Å². The van der Waals surface area contributed by atoms with E-state index < -0.39 is 12.0 Å². The lowest BCUT2D eigenvalue weighted by atomic mass is 10.1. The van der Waals surface area contributed by atoms with Gasteiger partial charge in [0.2, 0.25) is 0 Å². The molecule has 2 aliphatic heterocycles. The zero-order valence-corrected chi connectivity index (χ0v) is 11.7. The average molecular weight is 298 g/mol. The first-order valence-corrected chi connectivity index (χ1v) is 7.01. The van der Waals surface area contributed by atoms with Crippen LogP contribution in [-0.2, 0) is 16.0 Å². The Morgan fingerprint density at radius 3 is 3.15 bits per heavy atom. The molecule has 1 N–H and O–H groups in total. The zero-order valence-electron chi connectivity index (χ0n) is 10.9. The van der Waals surface area contributed by atoms with Crippen LogP contribution in [0.15, 0.2) is 18.2 Å². The van der Waals surface area contributed by atoms with Crippen LogP contribution in [0, 0.1) is 0 Å². The number of carboxylic acids is 1. The van der Waals surface area contributed by atoms with Crippen molar-refractivity contribution < 1.29 is 19.4 Å². The van der Waals surface area contributed by atoms with Crippen LogP contribution in [0.2, 0.25) is 5.02 Å². The van der Waals surface area contributed by atoms with Crippen LogP contribution < -0.4 is 4.74 Å². The number of benzene rings is 1. The molecule has 1 aromatic rings. The molecule has 1 aromatic carbocycles. The van der Waals surface area contributed by atoms with Crippen molar-refractivity contribution in [2.45, 2.75) is 18.6 Å². The summed E-state index contributed by atoms with van der Waals surface area (Å²) in [5, 5.41) is 9.91. The Hall–Kier alpha value is -1.30. The van der Waals surface area contributed by atoms with Crippen molar-refractivity contribution >= 4 is 17.6 Å². The number of morpholine rings is 1. The molecule has 0 radical (unpaired) electrons. The topological polar surface area (TPSA) is 59.0 Å². The lowest BCUT2D eigenvalue weighted by Crippen LogP contribution is -2.52. The molecule has 3 rings (SSSR count). The second-order valence-electron chi connectivity index (χ2n) is 5.12. The maximum atomic E-state index is 11.2. The van der Waals surface area contributed by atoms with Gasteiger partial charge in [0.15, 0.2) is 0 Å². The monoisotopic (exact) mass is 297 g/mol. The van der Waals surface area contributed by atoms with Crippen LogP contribution in [0.3, 0.4) is 0 Å². The van der Waals surface area contributed by atoms with Crippen molar-refractivity contribution in [2.75, 3.05) is 26.3 Å². The smallest absolute Gasteiger partial charge is 0.323 e. The number of fused-ring (bicyclic) bond motifs is 1. The van der Waals surface area contributed by atoms with Crippen LogP contribution in [0.5, 0.6) is 5.75 Å². The molecule has 2 atom stereocenters. The standard InChI is InChI=1S/C14H16ClNO4/c15-10-1-2-13-9(5-10)6-11(20-13)7-16-3-4-19-8-12(16)14(17)18/h1-2,5,11-12H,3-4,6-8H2,(H,17,18). The fraction of sp³-hybridized carbons (Fsp3) is 0.500. The lowest BCUT2D eigenvalue weighted by Gasteiger charge is -2.34. The predicted octanol–water partition coefficient (Wildman–Crippen LogP) is 1.43. The minimum absolute atomic E-state index is 0.0246. The molecule has 1 fully saturated rings. The number of hydrogen-bond acceptors (Lipinski definition) is 4. The largest absolute Gasteiger partial charge is 0.488 e. The van der Waals surface area contributed by atoms with E-state index in [1.165, 1.54) is 0 Å². The van der Waals surface area contributed by atoms with Crippen LogP contribution in [0.4, 0.5) is 0 Å². The van der Waals surface area contributed by atoms with Gasteiger partial charge in [-0.05, 0) is 23.8 Å². The number of aliphatic carboxylic acids is 1. The third-order valence-corrected chi connectivity index (χ3v) is 3.96. The maximum absolute atomic E-state index is 11.2. The summed E-state index contributed by atoms with van der Waals surface area (Å²) < 4.78 is 11.1. The molecule has 2 unspecified atom stereocenters. The molecular weight excluding hydrogens is 282 g/mol. The van der Waals surface area contributed by atoms with E-state index in [9.17, 15) is 9.90 Å². The predicted molar refractivity (Wildman–Crippen MR) is 73.4 cm³/mol. The first-order valence-electron chi connectivity index (χ1n) is 6.63. The van der Waals surface area contributed by atoms with Gasteiger partial charge in [-0.3, -0.25) is 9.69 Å². The first kappa shape index (κ1) is 13.7. The second-order valence-corrected chi connectivity index (χ2v) is 5.56. The van der Waals surface area contributed by atoms with Crippen molar-refractivity contribution in [1.29, 1.82) is 0 Å². The summed E-state index contributed by atoms with van der Waals surface area (Å²) in [5.74, 6) is 0.00258. The summed E-state index contributed by atoms with van der Waals surface area (Å²) in [7, 11) is 0. The normalized spacial score (nSPS) is 26.1. The molecule has 0 aromatic heterocycles. The van der Waals surface area contributed by atoms with Crippen LogP contribution in [0.1, 0.15) is 5.56 Å². The van der Waals surface area contributed by atoms with E-state index in [0.717, 1.165) is 17.7 Å². The minimum atomic E-state index is -0.844. The summed E-state index contributed by atoms with van der Waals surface area (Å²) in [5.41, 5.74) is 1.09. The minimum Gasteiger partial charge on any atom is -0.488 e. The summed E-state index contributed by atoms with van der Waals surface area (Å²) >= 11 is 5.97. The SMILES string of the molecule is O=C(O)C1COCCN1CC1Cc2cc(Cl)ccc2O1. The number of rotatable bonds is 3. The molecule has 1 saturated heterocycles. The molecular formula is C14H16ClNO4. The van der Waals surface area contributed by atoms with Gasteiger partial charge in [-0.25, -0.2) is 0 Å². The Morgan fingerprint density at radius 1 is 1.50 bits per heavy atom. The highest BCUT2D eigenvalue weighted by Gasteiger charge is 2.33. The van der Waals surface area contributed by atoms with E-state index in [-0.39, 0.29) is 12.7 Å². The highest BCUT2D eigenvalue weighted by atomic mass is 35.5. The Labute approximate surface area is 122 Å². The fourth-order valence-electron chi connectivity index (χ4n) is 2.74. The van der Waals surface area contributed by atoms with Crippen LogP contribution in [-0.4, -0.2) is 54.4 Å². The van der Waals surface area contributed by atoms with Crippen molar-refractivity contribution in [3.05, 3.63) is 28.8 Å². The quantitative estimate of drug-likeness (QED) is 0.914. The van der Waals surface area contributed by atoms with Crippen molar-refractivity contribution in [1.82, 2.24) is 4.90 Å². The van der Waals surface area contributed by atoms with Gasteiger partial charge in [0.1, 0.15) is 17.9 Å². The van der Waals surface area contributed by atoms with Gasteiger partial charge in [0.25, 0.3) is 0 Å². The van der Waals surface area contributed by atoms with Gasteiger partial charge in [-0.2, -0.15) is 0 Å². The molecule has 0 saturated carbocycles. The van der Waals surface area contributed by atoms with E-state index in [2.05, 4.69) is 0 Å². The third kappa shape index (κ3) is 2.75. The highest BCUT2D eigenvalue weighted by Crippen LogP contribution is 2.31. The zero-order chi connectivity index (χ0) is 14.1. The molecule has 0 aliphatic carbocycles. The van der Waals surface area contributed by atoms with E-state index in [1.54, 1.807) is 6.07 Å². The average Bonchev–Trinajstić information content (AvgIpc) is 2.80. The molecule has 5 nitrogen and oxygen atoms in total. The molecule has 2 heterocycles. The van der Waals surface area contributed by atoms with E-state index >= 15 is 0 Å². The third-order valence-electron chi connectivity index (χ3n) is 3.73. The molecule has 0 amide bonds. The summed E-state index contributed by atoms with van der Waals surface area (Å²) in [6.07, 6.45) is 0.739. The van der Waals surface area contributed by atoms with Gasteiger partial charge in [-0.1, -0.05) is 11.6 Å². The Morgan fingerprint density at radius 2 is 2.35 bits per heavy atom. The van der Waals surface area contributed by atoms with Gasteiger partial charge in [0, 0.05) is 24.5 Å². The number of hydrogen-bond donors (Lipinski definition) is 1. The molecule has 20 heavy (non-hydrogen) atoms. The number of ether oxygens (including phenoxy) is 2. The maximum Gasteiger partial charge on any atom is 0.323 e. The molecule has 6 heteroatoms. The molecule has 2 aliphatic rings. The fourth-order valence-corrected chi connectivity index (χ4v) is 2.93. The highest BCUT2D eigenvalue weighted by molar-refractivity contribution is 6.30. The van der Waals surface area contributed by atoms with Crippen LogP contribution >= 0.6 is 11.6 Å². The first-order chi connectivity index (χ1) is 9.63. The molecule has 0 spiro atoms. The van der Waals surface area contributed by atoms with Gasteiger partial charge in [-0.15, -0.1) is 0 Å². The number of halogens is 1. The van der Waals surface area contributed by atoms with E-state index in [0.29, 0.717) is 24.7 Å². The number of carbonyl (C=O) groups is 1. The number of carboxylic acid groups (broad SMARTS) is 1. The number of nitrogens with zero attached hydrogens (tertiary/aromatic N) is 1. The summed E-state index contributed by atoms with van der Waals surface area (Å²) in [4.78, 5) is 13.1. The molecule has 0 bridgehead atoms. The Balaban J connectivity index is 1.66.